The summed E-state index contributed by atoms with van der Waals surface area (Å²) < 4.78 is 7.42. The van der Waals surface area contributed by atoms with E-state index in [0.29, 0.717) is 34.5 Å². The van der Waals surface area contributed by atoms with Crippen LogP contribution in [0.2, 0.25) is 0 Å². The second kappa shape index (κ2) is 9.31. The topological polar surface area (TPSA) is 116 Å². The van der Waals surface area contributed by atoms with Gasteiger partial charge in [-0.1, -0.05) is 42.1 Å². The second-order valence-corrected chi connectivity index (χ2v) is 7.58. The van der Waals surface area contributed by atoms with Crippen LogP contribution in [0.4, 0.5) is 5.69 Å². The summed E-state index contributed by atoms with van der Waals surface area (Å²) >= 11 is 1.28. The molecule has 2 heterocycles. The van der Waals surface area contributed by atoms with Crippen LogP contribution >= 0.6 is 11.8 Å². The van der Waals surface area contributed by atoms with Gasteiger partial charge in [-0.15, -0.1) is 10.2 Å². The minimum absolute atomic E-state index is 0.142. The van der Waals surface area contributed by atoms with E-state index in [1.807, 2.05) is 41.0 Å². The Labute approximate surface area is 182 Å². The zero-order valence-electron chi connectivity index (χ0n) is 16.4. The number of nitrogens with one attached hydrogen (secondary N) is 1. The number of aromatic nitrogens is 3. The number of furan rings is 1. The van der Waals surface area contributed by atoms with Crippen molar-refractivity contribution in [2.24, 2.45) is 5.73 Å². The van der Waals surface area contributed by atoms with Crippen molar-refractivity contribution >= 4 is 29.3 Å². The van der Waals surface area contributed by atoms with E-state index in [0.717, 1.165) is 5.56 Å². The number of thioether (sulfide) groups is 1. The largest absolute Gasteiger partial charge is 0.461 e. The first-order chi connectivity index (χ1) is 15.1. The summed E-state index contributed by atoms with van der Waals surface area (Å²) in [5.74, 6) is 0.625. The van der Waals surface area contributed by atoms with E-state index in [1.165, 1.54) is 11.8 Å². The Bertz CT molecular complexity index is 1170. The number of amides is 2. The molecule has 0 radical (unpaired) electrons. The van der Waals surface area contributed by atoms with Crippen LogP contribution in [0.15, 0.2) is 82.6 Å². The number of hydrogen-bond acceptors (Lipinski definition) is 6. The zero-order valence-corrected chi connectivity index (χ0v) is 17.2. The Kier molecular flexibility index (Phi) is 6.13. The number of nitrogens with two attached hydrogens (primary N) is 1. The molecule has 0 atom stereocenters. The molecule has 0 bridgehead atoms. The van der Waals surface area contributed by atoms with Gasteiger partial charge in [0.05, 0.1) is 18.6 Å². The van der Waals surface area contributed by atoms with Gasteiger partial charge >= 0.3 is 0 Å². The molecule has 4 rings (SSSR count). The molecule has 0 fully saturated rings. The maximum absolute atomic E-state index is 12.4. The maximum Gasteiger partial charge on any atom is 0.248 e. The minimum atomic E-state index is -0.515. The van der Waals surface area contributed by atoms with Gasteiger partial charge in [-0.3, -0.25) is 14.2 Å². The molecule has 0 saturated heterocycles. The Balaban J connectivity index is 1.47. The summed E-state index contributed by atoms with van der Waals surface area (Å²) in [5, 5.41) is 11.9. The fourth-order valence-corrected chi connectivity index (χ4v) is 3.67. The number of rotatable bonds is 8. The molecule has 8 nitrogen and oxygen atoms in total. The average Bonchev–Trinajstić information content (AvgIpc) is 3.43. The number of nitrogens with zero attached hydrogens (tertiary/aromatic N) is 3. The lowest BCUT2D eigenvalue weighted by Gasteiger charge is -2.10. The van der Waals surface area contributed by atoms with Crippen LogP contribution in [-0.4, -0.2) is 32.3 Å². The van der Waals surface area contributed by atoms with Crippen molar-refractivity contribution in [1.82, 2.24) is 14.8 Å². The first kappa shape index (κ1) is 20.4. The van der Waals surface area contributed by atoms with Gasteiger partial charge in [-0.05, 0) is 42.0 Å². The van der Waals surface area contributed by atoms with Crippen LogP contribution in [0.3, 0.4) is 0 Å². The van der Waals surface area contributed by atoms with Crippen molar-refractivity contribution in [3.63, 3.8) is 0 Å². The summed E-state index contributed by atoms with van der Waals surface area (Å²) in [6, 6.07) is 19.9. The summed E-state index contributed by atoms with van der Waals surface area (Å²) in [5.41, 5.74) is 7.27. The van der Waals surface area contributed by atoms with Crippen LogP contribution in [0.1, 0.15) is 15.9 Å². The number of hydrogen-bond donors (Lipinski definition) is 2. The fourth-order valence-electron chi connectivity index (χ4n) is 2.94. The fraction of sp³-hybridized carbons (Fsp3) is 0.0909. The van der Waals surface area contributed by atoms with E-state index < -0.39 is 5.91 Å². The van der Waals surface area contributed by atoms with E-state index in [-0.39, 0.29) is 11.7 Å². The van der Waals surface area contributed by atoms with Gasteiger partial charge in [0.1, 0.15) is 0 Å². The van der Waals surface area contributed by atoms with Crippen LogP contribution in [0.25, 0.3) is 11.6 Å². The lowest BCUT2D eigenvalue weighted by molar-refractivity contribution is -0.113. The molecule has 0 aliphatic rings. The summed E-state index contributed by atoms with van der Waals surface area (Å²) in [6.07, 6.45) is 1.58. The van der Waals surface area contributed by atoms with Crippen LogP contribution < -0.4 is 11.1 Å². The number of benzene rings is 2. The highest BCUT2D eigenvalue weighted by atomic mass is 32.2. The monoisotopic (exact) mass is 433 g/mol. The van der Waals surface area contributed by atoms with Crippen LogP contribution in [0, 0.1) is 0 Å². The van der Waals surface area contributed by atoms with Crippen molar-refractivity contribution in [3.8, 4) is 11.6 Å². The van der Waals surface area contributed by atoms with Gasteiger partial charge in [0, 0.05) is 11.3 Å². The molecule has 156 valence electrons. The molecular weight excluding hydrogens is 414 g/mol. The van der Waals surface area contributed by atoms with Gasteiger partial charge in [0.15, 0.2) is 10.9 Å². The van der Waals surface area contributed by atoms with Crippen molar-refractivity contribution in [2.45, 2.75) is 11.7 Å². The molecule has 3 N–H and O–H groups in total. The molecule has 4 aromatic rings. The van der Waals surface area contributed by atoms with E-state index in [2.05, 4.69) is 15.5 Å². The highest BCUT2D eigenvalue weighted by Crippen LogP contribution is 2.25. The van der Waals surface area contributed by atoms with Gasteiger partial charge in [-0.25, -0.2) is 0 Å². The SMILES string of the molecule is NC(=O)c1ccc(NC(=O)CSc2nnc(-c3ccco3)n2Cc2ccccc2)cc1. The predicted octanol–water partition coefficient (Wildman–Crippen LogP) is 3.42. The molecule has 2 aromatic carbocycles. The smallest absolute Gasteiger partial charge is 0.248 e. The first-order valence-corrected chi connectivity index (χ1v) is 10.4. The van der Waals surface area contributed by atoms with E-state index in [9.17, 15) is 9.59 Å². The Morgan fingerprint density at radius 1 is 1.00 bits per heavy atom. The summed E-state index contributed by atoms with van der Waals surface area (Å²) in [7, 11) is 0. The number of carbonyl (C=O) groups is 2. The molecule has 0 unspecified atom stereocenters. The lowest BCUT2D eigenvalue weighted by Crippen LogP contribution is -2.15. The van der Waals surface area contributed by atoms with Crippen molar-refractivity contribution in [1.29, 1.82) is 0 Å². The normalized spacial score (nSPS) is 10.7. The number of anilines is 1. The number of primary amides is 1. The standard InChI is InChI=1S/C22H19N5O3S/c23-20(29)16-8-10-17(11-9-16)24-19(28)14-31-22-26-25-21(18-7-4-12-30-18)27(22)13-15-5-2-1-3-6-15/h1-12H,13-14H2,(H2,23,29)(H,24,28). The van der Waals surface area contributed by atoms with Crippen LogP contribution in [-0.2, 0) is 11.3 Å². The van der Waals surface area contributed by atoms with Gasteiger partial charge in [0.2, 0.25) is 17.6 Å². The first-order valence-electron chi connectivity index (χ1n) is 9.43. The molecule has 31 heavy (non-hydrogen) atoms. The van der Waals surface area contributed by atoms with Crippen molar-refractivity contribution < 1.29 is 14.0 Å². The molecule has 0 aliphatic heterocycles. The van der Waals surface area contributed by atoms with Gasteiger partial charge < -0.3 is 15.5 Å². The third kappa shape index (κ3) is 5.01. The Hall–Kier alpha value is -3.85. The molecule has 9 heteroatoms. The van der Waals surface area contributed by atoms with Crippen LogP contribution in [0.5, 0.6) is 0 Å². The molecule has 2 aromatic heterocycles. The molecule has 0 spiro atoms. The third-order valence-corrected chi connectivity index (χ3v) is 5.39. The minimum Gasteiger partial charge on any atom is -0.461 e. The molecule has 0 aliphatic carbocycles. The van der Waals surface area contributed by atoms with E-state index in [4.69, 9.17) is 10.2 Å². The third-order valence-electron chi connectivity index (χ3n) is 4.43. The Morgan fingerprint density at radius 3 is 2.45 bits per heavy atom. The molecule has 2 amide bonds. The highest BCUT2D eigenvalue weighted by molar-refractivity contribution is 7.99. The van der Waals surface area contributed by atoms with E-state index in [1.54, 1.807) is 36.6 Å². The van der Waals surface area contributed by atoms with Gasteiger partial charge in [-0.2, -0.15) is 0 Å². The summed E-state index contributed by atoms with van der Waals surface area (Å²) in [4.78, 5) is 23.6. The number of carbonyl (C=O) groups excluding carboxylic acids is 2. The van der Waals surface area contributed by atoms with E-state index >= 15 is 0 Å². The zero-order chi connectivity index (χ0) is 21.6. The second-order valence-electron chi connectivity index (χ2n) is 6.63. The van der Waals surface area contributed by atoms with Crippen molar-refractivity contribution in [2.75, 3.05) is 11.1 Å². The summed E-state index contributed by atoms with van der Waals surface area (Å²) in [6.45, 7) is 0.544. The Morgan fingerprint density at radius 2 is 1.77 bits per heavy atom. The maximum atomic E-state index is 12.4. The quantitative estimate of drug-likeness (QED) is 0.411. The lowest BCUT2D eigenvalue weighted by atomic mass is 10.2. The van der Waals surface area contributed by atoms with Crippen molar-refractivity contribution in [3.05, 3.63) is 84.1 Å². The molecular formula is C22H19N5O3S. The average molecular weight is 433 g/mol. The highest BCUT2D eigenvalue weighted by Gasteiger charge is 2.18. The van der Waals surface area contributed by atoms with Gasteiger partial charge in [0.25, 0.3) is 0 Å². The predicted molar refractivity (Wildman–Crippen MR) is 118 cm³/mol. The molecule has 0 saturated carbocycles.